The topological polar surface area (TPSA) is 65.2 Å². The number of benzene rings is 2. The molecular weight excluding hydrogens is 733 g/mol. The van der Waals surface area contributed by atoms with Gasteiger partial charge < -0.3 is 10.2 Å². The molecule has 0 amide bonds. The highest BCUT2D eigenvalue weighted by Gasteiger charge is 2.04. The molecule has 0 radical (unpaired) electrons. The van der Waals surface area contributed by atoms with Crippen LogP contribution in [0.25, 0.3) is 0 Å². The lowest BCUT2D eigenvalue weighted by atomic mass is 10.0. The fourth-order valence-corrected chi connectivity index (χ4v) is 8.63. The SMILES string of the molecule is CCCCCCCCCCCCCCCCCCCCc1ccc(O)c(C=NCCN=Cc2cc(CCCCCCCCCCCCCCCCCCCC)ccc2O)c1. The third kappa shape index (κ3) is 31.3. The maximum absolute atomic E-state index is 10.4. The first-order valence-electron chi connectivity index (χ1n) is 26.3. The summed E-state index contributed by atoms with van der Waals surface area (Å²) in [6, 6.07) is 11.9. The van der Waals surface area contributed by atoms with E-state index in [1.54, 1.807) is 24.6 Å². The van der Waals surface area contributed by atoms with E-state index in [0.717, 1.165) is 24.0 Å². The summed E-state index contributed by atoms with van der Waals surface area (Å²) in [5, 5.41) is 20.8. The highest BCUT2D eigenvalue weighted by Crippen LogP contribution is 2.21. The molecule has 4 heteroatoms. The van der Waals surface area contributed by atoms with Crippen molar-refractivity contribution >= 4 is 12.4 Å². The van der Waals surface area contributed by atoms with Crippen LogP contribution in [0.2, 0.25) is 0 Å². The largest absolute Gasteiger partial charge is 0.507 e. The number of unbranched alkanes of at least 4 members (excludes halogenated alkanes) is 34. The van der Waals surface area contributed by atoms with E-state index in [1.165, 1.54) is 242 Å². The van der Waals surface area contributed by atoms with Gasteiger partial charge in [-0.2, -0.15) is 0 Å². The van der Waals surface area contributed by atoms with E-state index in [2.05, 4.69) is 36.0 Å². The lowest BCUT2D eigenvalue weighted by molar-refractivity contribution is 0.473. The minimum atomic E-state index is 0.278. The second-order valence-electron chi connectivity index (χ2n) is 18.4. The Kier molecular flexibility index (Phi) is 36.1. The van der Waals surface area contributed by atoms with Crippen molar-refractivity contribution < 1.29 is 10.2 Å². The number of aryl methyl sites for hydroxylation is 2. The van der Waals surface area contributed by atoms with Crippen molar-refractivity contribution in [3.8, 4) is 11.5 Å². The van der Waals surface area contributed by atoms with Crippen LogP contribution >= 0.6 is 0 Å². The highest BCUT2D eigenvalue weighted by molar-refractivity contribution is 5.84. The van der Waals surface area contributed by atoms with Gasteiger partial charge in [0.25, 0.3) is 0 Å². The number of phenolic OH excluding ortho intramolecular Hbond substituents is 2. The molecule has 0 unspecified atom stereocenters. The van der Waals surface area contributed by atoms with Crippen molar-refractivity contribution in [2.45, 2.75) is 258 Å². The van der Waals surface area contributed by atoms with Crippen LogP contribution in [-0.4, -0.2) is 35.7 Å². The van der Waals surface area contributed by atoms with Crippen molar-refractivity contribution in [1.29, 1.82) is 0 Å². The van der Waals surface area contributed by atoms with Gasteiger partial charge in [0.2, 0.25) is 0 Å². The Hall–Kier alpha value is -2.62. The molecule has 2 N–H and O–H groups in total. The van der Waals surface area contributed by atoms with Crippen LogP contribution in [0, 0.1) is 0 Å². The van der Waals surface area contributed by atoms with E-state index in [9.17, 15) is 10.2 Å². The second-order valence-corrected chi connectivity index (χ2v) is 18.4. The van der Waals surface area contributed by atoms with Crippen LogP contribution in [0.3, 0.4) is 0 Å². The summed E-state index contributed by atoms with van der Waals surface area (Å²) in [7, 11) is 0. The Balaban J connectivity index is 1.47. The lowest BCUT2D eigenvalue weighted by Gasteiger charge is -2.06. The summed E-state index contributed by atoms with van der Waals surface area (Å²) in [5.74, 6) is 0.556. The summed E-state index contributed by atoms with van der Waals surface area (Å²) in [6.07, 6.45) is 55.9. The van der Waals surface area contributed by atoms with Gasteiger partial charge in [0.1, 0.15) is 11.5 Å². The Morgan fingerprint density at radius 1 is 0.333 bits per heavy atom. The Bertz CT molecular complexity index is 1200. The molecule has 2 aromatic carbocycles. The zero-order valence-electron chi connectivity index (χ0n) is 39.7. The van der Waals surface area contributed by atoms with Crippen LogP contribution in [0.5, 0.6) is 11.5 Å². The van der Waals surface area contributed by atoms with Crippen LogP contribution in [0.15, 0.2) is 46.4 Å². The average molecular weight is 829 g/mol. The van der Waals surface area contributed by atoms with Crippen LogP contribution in [0.1, 0.15) is 267 Å². The molecule has 0 heterocycles. The van der Waals surface area contributed by atoms with Crippen molar-refractivity contribution in [3.05, 3.63) is 58.7 Å². The minimum absolute atomic E-state index is 0.278. The van der Waals surface area contributed by atoms with Gasteiger partial charge in [-0.25, -0.2) is 0 Å². The predicted molar refractivity (Wildman–Crippen MR) is 266 cm³/mol. The molecule has 0 aliphatic carbocycles. The normalized spacial score (nSPS) is 11.8. The third-order valence-corrected chi connectivity index (χ3v) is 12.6. The van der Waals surface area contributed by atoms with E-state index in [4.69, 9.17) is 0 Å². The van der Waals surface area contributed by atoms with Crippen molar-refractivity contribution in [3.63, 3.8) is 0 Å². The van der Waals surface area contributed by atoms with Crippen molar-refractivity contribution in [2.24, 2.45) is 9.98 Å². The maximum atomic E-state index is 10.4. The average Bonchev–Trinajstić information content (AvgIpc) is 3.25. The molecule has 0 aliphatic rings. The number of nitrogens with zero attached hydrogens (tertiary/aromatic N) is 2. The molecule has 0 bridgehead atoms. The smallest absolute Gasteiger partial charge is 0.124 e. The summed E-state index contributed by atoms with van der Waals surface area (Å²) in [5.41, 5.74) is 4.10. The van der Waals surface area contributed by atoms with E-state index < -0.39 is 0 Å². The summed E-state index contributed by atoms with van der Waals surface area (Å²) in [4.78, 5) is 9.10. The van der Waals surface area contributed by atoms with Gasteiger partial charge in [-0.05, 0) is 61.1 Å². The lowest BCUT2D eigenvalue weighted by Crippen LogP contribution is -1.94. The van der Waals surface area contributed by atoms with E-state index in [1.807, 2.05) is 12.1 Å². The standard InChI is InChI=1S/C56H96N2O2/c1-3-5-7-9-11-13-15-17-19-21-23-25-27-29-31-33-35-37-39-51-41-43-55(59)53(47-51)49-57-45-46-58-50-54-48-52(42-44-56(54)60)40-38-36-34-32-30-28-26-24-22-20-18-16-14-12-10-8-6-4-2/h41-44,47-50,59-60H,3-40,45-46H2,1-2H3. The molecule has 0 saturated heterocycles. The molecule has 0 spiro atoms. The van der Waals surface area contributed by atoms with Gasteiger partial charge in [-0.3, -0.25) is 9.98 Å². The van der Waals surface area contributed by atoms with Gasteiger partial charge in [-0.1, -0.05) is 244 Å². The van der Waals surface area contributed by atoms with Gasteiger partial charge >= 0.3 is 0 Å². The molecule has 0 atom stereocenters. The van der Waals surface area contributed by atoms with Crippen molar-refractivity contribution in [2.75, 3.05) is 13.1 Å². The predicted octanol–water partition coefficient (Wildman–Crippen LogP) is 17.8. The van der Waals surface area contributed by atoms with Gasteiger partial charge in [0, 0.05) is 23.6 Å². The van der Waals surface area contributed by atoms with E-state index in [0.29, 0.717) is 13.1 Å². The van der Waals surface area contributed by atoms with Gasteiger partial charge in [-0.15, -0.1) is 0 Å². The summed E-state index contributed by atoms with van der Waals surface area (Å²) < 4.78 is 0. The molecule has 342 valence electrons. The monoisotopic (exact) mass is 829 g/mol. The molecule has 0 saturated carbocycles. The molecule has 2 rings (SSSR count). The van der Waals surface area contributed by atoms with Crippen molar-refractivity contribution in [1.82, 2.24) is 0 Å². The molecular formula is C56H96N2O2. The Labute approximate surface area is 372 Å². The maximum Gasteiger partial charge on any atom is 0.124 e. The van der Waals surface area contributed by atoms with Gasteiger partial charge in [0.05, 0.1) is 13.1 Å². The number of aliphatic imine (C=N–C) groups is 2. The molecule has 0 fully saturated rings. The third-order valence-electron chi connectivity index (χ3n) is 12.6. The first-order valence-corrected chi connectivity index (χ1v) is 26.3. The van der Waals surface area contributed by atoms with E-state index in [-0.39, 0.29) is 11.5 Å². The number of hydrogen-bond donors (Lipinski definition) is 2. The Morgan fingerprint density at radius 2 is 0.567 bits per heavy atom. The molecule has 2 aromatic rings. The summed E-state index contributed by atoms with van der Waals surface area (Å²) >= 11 is 0. The highest BCUT2D eigenvalue weighted by atomic mass is 16.3. The molecule has 60 heavy (non-hydrogen) atoms. The minimum Gasteiger partial charge on any atom is -0.507 e. The van der Waals surface area contributed by atoms with E-state index >= 15 is 0 Å². The fourth-order valence-electron chi connectivity index (χ4n) is 8.63. The second kappa shape index (κ2) is 40.5. The fraction of sp³-hybridized carbons (Fsp3) is 0.750. The number of rotatable bonds is 43. The zero-order valence-corrected chi connectivity index (χ0v) is 39.7. The first kappa shape index (κ1) is 53.5. The molecule has 0 aromatic heterocycles. The van der Waals surface area contributed by atoms with Crippen LogP contribution in [0.4, 0.5) is 0 Å². The molecule has 4 nitrogen and oxygen atoms in total. The number of hydrogen-bond acceptors (Lipinski definition) is 4. The number of aromatic hydroxyl groups is 2. The summed E-state index contributed by atoms with van der Waals surface area (Å²) in [6.45, 7) is 5.67. The van der Waals surface area contributed by atoms with Gasteiger partial charge in [0.15, 0.2) is 0 Å². The Morgan fingerprint density at radius 3 is 0.817 bits per heavy atom. The zero-order chi connectivity index (χ0) is 42.8. The van der Waals surface area contributed by atoms with Crippen LogP contribution < -0.4 is 0 Å². The number of phenols is 2. The first-order chi connectivity index (χ1) is 29.6. The quantitative estimate of drug-likeness (QED) is 0.0516. The molecule has 0 aliphatic heterocycles. The van der Waals surface area contributed by atoms with Crippen LogP contribution in [-0.2, 0) is 12.8 Å².